The van der Waals surface area contributed by atoms with Crippen molar-refractivity contribution in [3.05, 3.63) is 0 Å². The average molecular weight is 254 g/mol. The summed E-state index contributed by atoms with van der Waals surface area (Å²) in [6, 6.07) is 0. The minimum atomic E-state index is 0.165. The summed E-state index contributed by atoms with van der Waals surface area (Å²) in [5, 5.41) is 18.0. The molecule has 0 aliphatic heterocycles. The van der Waals surface area contributed by atoms with E-state index in [1.54, 1.807) is 0 Å². The molecule has 0 aromatic heterocycles. The molecule has 0 amide bonds. The van der Waals surface area contributed by atoms with Crippen LogP contribution in [0.15, 0.2) is 0 Å². The molecule has 2 N–H and O–H groups in total. The smallest absolute Gasteiger partial charge is 0.102 e. The van der Waals surface area contributed by atoms with Crippen LogP contribution in [-0.2, 0) is 0 Å². The predicted molar refractivity (Wildman–Crippen MR) is 67.8 cm³/mol. The Bertz CT molecular complexity index is 164. The molecule has 98 valence electrons. The second kappa shape index (κ2) is 9.19. The summed E-state index contributed by atoms with van der Waals surface area (Å²) in [7, 11) is 2.07. The molecule has 16 heavy (non-hydrogen) atoms. The SMILES string of the molecule is CCN(CCCl)CC[N+](C)(CCO)CCO. The normalized spacial score (nSPS) is 12.4. The van der Waals surface area contributed by atoms with E-state index in [2.05, 4.69) is 18.9 Å². The molecule has 0 radical (unpaired) electrons. The molecule has 0 rings (SSSR count). The first kappa shape index (κ1) is 16.1. The molecule has 0 heterocycles. The van der Waals surface area contributed by atoms with Gasteiger partial charge >= 0.3 is 0 Å². The fourth-order valence-electron chi connectivity index (χ4n) is 1.75. The summed E-state index contributed by atoms with van der Waals surface area (Å²) in [4.78, 5) is 2.29. The molecular weight excluding hydrogens is 228 g/mol. The van der Waals surface area contributed by atoms with E-state index < -0.39 is 0 Å². The van der Waals surface area contributed by atoms with Gasteiger partial charge in [-0.1, -0.05) is 6.92 Å². The lowest BCUT2D eigenvalue weighted by atomic mass is 10.3. The number of likely N-dealkylation sites (N-methyl/N-ethyl adjacent to an activating group) is 2. The maximum absolute atomic E-state index is 9.02. The van der Waals surface area contributed by atoms with Crippen LogP contribution in [0.25, 0.3) is 0 Å². The number of hydrogen-bond acceptors (Lipinski definition) is 3. The summed E-state index contributed by atoms with van der Waals surface area (Å²) in [6.45, 7) is 7.62. The molecule has 0 aliphatic carbocycles. The van der Waals surface area contributed by atoms with Gasteiger partial charge in [-0.2, -0.15) is 0 Å². The van der Waals surface area contributed by atoms with Crippen LogP contribution in [0, 0.1) is 0 Å². The van der Waals surface area contributed by atoms with Crippen molar-refractivity contribution in [2.24, 2.45) is 0 Å². The number of nitrogens with zero attached hydrogens (tertiary/aromatic N) is 2. The van der Waals surface area contributed by atoms with Gasteiger partial charge in [-0.3, -0.25) is 4.90 Å². The summed E-state index contributed by atoms with van der Waals surface area (Å²) in [5.74, 6) is 0.650. The number of hydrogen-bond donors (Lipinski definition) is 2. The number of aliphatic hydroxyl groups is 2. The largest absolute Gasteiger partial charge is 0.391 e. The van der Waals surface area contributed by atoms with Crippen LogP contribution in [-0.4, -0.2) is 85.0 Å². The quantitative estimate of drug-likeness (QED) is 0.425. The Hall–Kier alpha value is 0.130. The minimum Gasteiger partial charge on any atom is -0.391 e. The standard InChI is InChI=1S/C11H26ClN2O2/c1-3-13(5-4-12)6-7-14(2,8-10-15)9-11-16/h15-16H,3-11H2,1-2H3/q+1. The summed E-state index contributed by atoms with van der Waals surface area (Å²) < 4.78 is 0.714. The molecule has 0 aromatic carbocycles. The van der Waals surface area contributed by atoms with E-state index in [4.69, 9.17) is 21.8 Å². The number of alkyl halides is 1. The van der Waals surface area contributed by atoms with Crippen molar-refractivity contribution in [2.45, 2.75) is 6.92 Å². The molecule has 0 atom stereocenters. The molecule has 0 unspecified atom stereocenters. The van der Waals surface area contributed by atoms with Gasteiger partial charge in [0.1, 0.15) is 13.1 Å². The van der Waals surface area contributed by atoms with Gasteiger partial charge in [-0.05, 0) is 6.54 Å². The van der Waals surface area contributed by atoms with Crippen molar-refractivity contribution in [1.29, 1.82) is 0 Å². The second-order valence-corrected chi connectivity index (χ2v) is 4.74. The second-order valence-electron chi connectivity index (χ2n) is 4.36. The zero-order chi connectivity index (χ0) is 12.4. The van der Waals surface area contributed by atoms with E-state index in [1.165, 1.54) is 0 Å². The summed E-state index contributed by atoms with van der Waals surface area (Å²) >= 11 is 5.72. The average Bonchev–Trinajstić information content (AvgIpc) is 2.25. The highest BCUT2D eigenvalue weighted by Crippen LogP contribution is 2.02. The first-order valence-electron chi connectivity index (χ1n) is 5.95. The van der Waals surface area contributed by atoms with Crippen LogP contribution >= 0.6 is 11.6 Å². The Morgan fingerprint density at radius 2 is 1.62 bits per heavy atom. The number of quaternary nitrogens is 1. The molecule has 0 aromatic rings. The van der Waals surface area contributed by atoms with Crippen LogP contribution in [0.5, 0.6) is 0 Å². The van der Waals surface area contributed by atoms with Crippen molar-refractivity contribution in [1.82, 2.24) is 4.90 Å². The first-order chi connectivity index (χ1) is 7.61. The van der Waals surface area contributed by atoms with Crippen molar-refractivity contribution in [2.75, 3.05) is 65.4 Å². The monoisotopic (exact) mass is 253 g/mol. The van der Waals surface area contributed by atoms with Crippen molar-refractivity contribution < 1.29 is 14.7 Å². The van der Waals surface area contributed by atoms with Crippen LogP contribution in [0.2, 0.25) is 0 Å². The maximum atomic E-state index is 9.02. The van der Waals surface area contributed by atoms with E-state index in [0.29, 0.717) is 23.5 Å². The third kappa shape index (κ3) is 6.66. The van der Waals surface area contributed by atoms with Crippen LogP contribution in [0.4, 0.5) is 0 Å². The van der Waals surface area contributed by atoms with Gasteiger partial charge in [0.15, 0.2) is 0 Å². The third-order valence-electron chi connectivity index (χ3n) is 3.08. The van der Waals surface area contributed by atoms with Crippen molar-refractivity contribution >= 4 is 11.6 Å². The van der Waals surface area contributed by atoms with Gasteiger partial charge in [0.2, 0.25) is 0 Å². The highest BCUT2D eigenvalue weighted by molar-refractivity contribution is 6.18. The lowest BCUT2D eigenvalue weighted by molar-refractivity contribution is -0.909. The van der Waals surface area contributed by atoms with E-state index >= 15 is 0 Å². The zero-order valence-electron chi connectivity index (χ0n) is 10.5. The topological polar surface area (TPSA) is 43.7 Å². The lowest BCUT2D eigenvalue weighted by Gasteiger charge is -2.35. The van der Waals surface area contributed by atoms with Crippen LogP contribution in [0.3, 0.4) is 0 Å². The third-order valence-corrected chi connectivity index (χ3v) is 3.25. The highest BCUT2D eigenvalue weighted by Gasteiger charge is 2.20. The molecule has 0 bridgehead atoms. The van der Waals surface area contributed by atoms with Gasteiger partial charge < -0.3 is 14.7 Å². The van der Waals surface area contributed by atoms with Crippen LogP contribution < -0.4 is 0 Å². The number of aliphatic hydroxyl groups excluding tert-OH is 2. The fourth-order valence-corrected chi connectivity index (χ4v) is 1.99. The lowest BCUT2D eigenvalue weighted by Crippen LogP contribution is -2.52. The van der Waals surface area contributed by atoms with Gasteiger partial charge in [-0.25, -0.2) is 0 Å². The van der Waals surface area contributed by atoms with Gasteiger partial charge in [-0.15, -0.1) is 11.6 Å². The molecule has 0 aliphatic rings. The Balaban J connectivity index is 4.07. The minimum absolute atomic E-state index is 0.165. The molecular formula is C11H26ClN2O2+. The number of rotatable bonds is 10. The molecule has 4 nitrogen and oxygen atoms in total. The molecule has 5 heteroatoms. The Labute approximate surface area is 104 Å². The molecule has 0 spiro atoms. The predicted octanol–water partition coefficient (Wildman–Crippen LogP) is -0.0217. The van der Waals surface area contributed by atoms with Crippen molar-refractivity contribution in [3.63, 3.8) is 0 Å². The zero-order valence-corrected chi connectivity index (χ0v) is 11.3. The van der Waals surface area contributed by atoms with Gasteiger partial charge in [0, 0.05) is 19.0 Å². The Morgan fingerprint density at radius 3 is 2.00 bits per heavy atom. The molecule has 0 saturated heterocycles. The first-order valence-corrected chi connectivity index (χ1v) is 6.49. The van der Waals surface area contributed by atoms with Gasteiger partial charge in [0.05, 0.1) is 26.8 Å². The molecule has 0 fully saturated rings. The highest BCUT2D eigenvalue weighted by atomic mass is 35.5. The summed E-state index contributed by atoms with van der Waals surface area (Å²) in [6.07, 6.45) is 0. The fraction of sp³-hybridized carbons (Fsp3) is 1.00. The molecule has 0 saturated carbocycles. The van der Waals surface area contributed by atoms with E-state index in [0.717, 1.165) is 26.2 Å². The van der Waals surface area contributed by atoms with E-state index in [1.807, 2.05) is 0 Å². The maximum Gasteiger partial charge on any atom is 0.102 e. The van der Waals surface area contributed by atoms with E-state index in [9.17, 15) is 0 Å². The Kier molecular flexibility index (Phi) is 9.26. The number of halogens is 1. The summed E-state index contributed by atoms with van der Waals surface area (Å²) in [5.41, 5.74) is 0. The van der Waals surface area contributed by atoms with Gasteiger partial charge in [0.25, 0.3) is 0 Å². The Morgan fingerprint density at radius 1 is 1.06 bits per heavy atom. The van der Waals surface area contributed by atoms with E-state index in [-0.39, 0.29) is 13.2 Å². The van der Waals surface area contributed by atoms with Crippen molar-refractivity contribution in [3.8, 4) is 0 Å². The van der Waals surface area contributed by atoms with Crippen LogP contribution in [0.1, 0.15) is 6.92 Å².